The van der Waals surface area contributed by atoms with Crippen LogP contribution in [-0.2, 0) is 6.42 Å². The fourth-order valence-corrected chi connectivity index (χ4v) is 2.18. The molecule has 0 heterocycles. The van der Waals surface area contributed by atoms with Gasteiger partial charge in [0.2, 0.25) is 0 Å². The molecule has 0 spiro atoms. The second-order valence-electron chi connectivity index (χ2n) is 4.73. The minimum Gasteiger partial charge on any atom is -0.496 e. The first-order valence-electron chi connectivity index (χ1n) is 6.89. The summed E-state index contributed by atoms with van der Waals surface area (Å²) in [5, 5.41) is 0. The monoisotopic (exact) mass is 264 g/mol. The smallest absolute Gasteiger partial charge is 0.163 e. The molecular formula is C16H24O3. The Morgan fingerprint density at radius 3 is 2.26 bits per heavy atom. The highest BCUT2D eigenvalue weighted by molar-refractivity contribution is 5.97. The molecule has 0 aromatic heterocycles. The minimum atomic E-state index is 0.0225. The third kappa shape index (κ3) is 4.27. The number of hydrogen-bond acceptors (Lipinski definition) is 3. The molecule has 0 N–H and O–H groups in total. The van der Waals surface area contributed by atoms with Gasteiger partial charge in [-0.1, -0.05) is 26.2 Å². The van der Waals surface area contributed by atoms with Gasteiger partial charge in [0.05, 0.1) is 19.8 Å². The molecule has 0 saturated carbocycles. The van der Waals surface area contributed by atoms with E-state index < -0.39 is 0 Å². The van der Waals surface area contributed by atoms with E-state index in [0.717, 1.165) is 24.2 Å². The van der Waals surface area contributed by atoms with E-state index in [-0.39, 0.29) is 5.78 Å². The van der Waals surface area contributed by atoms with Gasteiger partial charge in [-0.25, -0.2) is 0 Å². The van der Waals surface area contributed by atoms with Crippen molar-refractivity contribution in [2.24, 2.45) is 0 Å². The lowest BCUT2D eigenvalue weighted by molar-refractivity contribution is 0.101. The number of carbonyl (C=O) groups excluding carboxylic acids is 1. The van der Waals surface area contributed by atoms with E-state index in [1.54, 1.807) is 21.1 Å². The Morgan fingerprint density at radius 2 is 1.74 bits per heavy atom. The highest BCUT2D eigenvalue weighted by atomic mass is 16.5. The quantitative estimate of drug-likeness (QED) is 0.525. The Bertz CT molecular complexity index is 424. The fraction of sp³-hybridized carbons (Fsp3) is 0.562. The van der Waals surface area contributed by atoms with Gasteiger partial charge < -0.3 is 9.47 Å². The maximum Gasteiger partial charge on any atom is 0.163 e. The summed E-state index contributed by atoms with van der Waals surface area (Å²) in [6, 6.07) is 3.72. The molecule has 0 amide bonds. The highest BCUT2D eigenvalue weighted by Gasteiger charge is 2.13. The molecule has 0 unspecified atom stereocenters. The summed E-state index contributed by atoms with van der Waals surface area (Å²) >= 11 is 0. The van der Waals surface area contributed by atoms with Gasteiger partial charge in [-0.05, 0) is 31.4 Å². The van der Waals surface area contributed by atoms with Gasteiger partial charge in [-0.15, -0.1) is 0 Å². The van der Waals surface area contributed by atoms with Crippen LogP contribution in [0.15, 0.2) is 12.1 Å². The lowest BCUT2D eigenvalue weighted by Gasteiger charge is -2.13. The Kier molecular flexibility index (Phi) is 6.40. The van der Waals surface area contributed by atoms with E-state index in [4.69, 9.17) is 9.47 Å². The second kappa shape index (κ2) is 7.82. The van der Waals surface area contributed by atoms with Gasteiger partial charge >= 0.3 is 0 Å². The van der Waals surface area contributed by atoms with Crippen LogP contribution in [-0.4, -0.2) is 20.0 Å². The van der Waals surface area contributed by atoms with Crippen molar-refractivity contribution in [3.8, 4) is 11.5 Å². The molecule has 0 atom stereocenters. The lowest BCUT2D eigenvalue weighted by atomic mass is 10.0. The Balaban J connectivity index is 2.94. The fourth-order valence-electron chi connectivity index (χ4n) is 2.18. The van der Waals surface area contributed by atoms with E-state index in [1.165, 1.54) is 19.3 Å². The van der Waals surface area contributed by atoms with E-state index in [1.807, 2.05) is 12.1 Å². The van der Waals surface area contributed by atoms with E-state index in [2.05, 4.69) is 6.92 Å². The van der Waals surface area contributed by atoms with Gasteiger partial charge in [0.25, 0.3) is 0 Å². The molecule has 106 valence electrons. The number of rotatable bonds is 8. The third-order valence-electron chi connectivity index (χ3n) is 3.28. The number of hydrogen-bond donors (Lipinski definition) is 0. The van der Waals surface area contributed by atoms with Crippen LogP contribution in [0.1, 0.15) is 55.5 Å². The normalized spacial score (nSPS) is 10.3. The highest BCUT2D eigenvalue weighted by Crippen LogP contribution is 2.30. The summed E-state index contributed by atoms with van der Waals surface area (Å²) in [4.78, 5) is 11.6. The molecule has 0 fully saturated rings. The maximum atomic E-state index is 11.6. The summed E-state index contributed by atoms with van der Waals surface area (Å²) < 4.78 is 10.6. The minimum absolute atomic E-state index is 0.0225. The van der Waals surface area contributed by atoms with Crippen LogP contribution < -0.4 is 9.47 Å². The molecule has 1 aromatic carbocycles. The Hall–Kier alpha value is -1.51. The number of ether oxygens (including phenoxy) is 2. The molecule has 0 aliphatic rings. The molecule has 0 aliphatic carbocycles. The number of carbonyl (C=O) groups is 1. The van der Waals surface area contributed by atoms with Gasteiger partial charge in [-0.3, -0.25) is 4.79 Å². The van der Waals surface area contributed by atoms with Crippen LogP contribution in [0.2, 0.25) is 0 Å². The van der Waals surface area contributed by atoms with Gasteiger partial charge in [-0.2, -0.15) is 0 Å². The molecule has 0 bridgehead atoms. The zero-order chi connectivity index (χ0) is 14.3. The Morgan fingerprint density at radius 1 is 1.05 bits per heavy atom. The predicted molar refractivity (Wildman–Crippen MR) is 77.4 cm³/mol. The summed E-state index contributed by atoms with van der Waals surface area (Å²) in [7, 11) is 3.22. The van der Waals surface area contributed by atoms with E-state index in [9.17, 15) is 4.79 Å². The largest absolute Gasteiger partial charge is 0.496 e. The van der Waals surface area contributed by atoms with Crippen LogP contribution in [0.4, 0.5) is 0 Å². The third-order valence-corrected chi connectivity index (χ3v) is 3.28. The number of benzene rings is 1. The first kappa shape index (κ1) is 15.5. The van der Waals surface area contributed by atoms with E-state index in [0.29, 0.717) is 11.3 Å². The number of aryl methyl sites for hydroxylation is 1. The molecule has 0 radical (unpaired) electrons. The second-order valence-corrected chi connectivity index (χ2v) is 4.73. The zero-order valence-corrected chi connectivity index (χ0v) is 12.4. The molecule has 0 aliphatic heterocycles. The van der Waals surface area contributed by atoms with Crippen molar-refractivity contribution in [3.63, 3.8) is 0 Å². The number of Topliss-reactive ketones (excluding diaryl/α,β-unsaturated/α-hetero) is 1. The number of ketones is 1. The average Bonchev–Trinajstić information content (AvgIpc) is 2.42. The number of unbranched alkanes of at least 4 members (excludes halogenated alkanes) is 3. The van der Waals surface area contributed by atoms with Crippen LogP contribution in [0.3, 0.4) is 0 Å². The van der Waals surface area contributed by atoms with Crippen molar-refractivity contribution in [1.82, 2.24) is 0 Å². The zero-order valence-electron chi connectivity index (χ0n) is 12.4. The molecule has 0 saturated heterocycles. The lowest BCUT2D eigenvalue weighted by Crippen LogP contribution is -2.02. The molecular weight excluding hydrogens is 240 g/mol. The van der Waals surface area contributed by atoms with Crippen molar-refractivity contribution >= 4 is 5.78 Å². The molecule has 1 rings (SSSR count). The standard InChI is InChI=1S/C16H24O3/c1-5-6-7-8-9-13-10-14(12(2)17)16(19-4)11-15(13)18-3/h10-11H,5-9H2,1-4H3. The van der Waals surface area contributed by atoms with Crippen LogP contribution >= 0.6 is 0 Å². The summed E-state index contributed by atoms with van der Waals surface area (Å²) in [6.07, 6.45) is 5.74. The molecule has 19 heavy (non-hydrogen) atoms. The van der Waals surface area contributed by atoms with Crippen LogP contribution in [0.25, 0.3) is 0 Å². The SMILES string of the molecule is CCCCCCc1cc(C(C)=O)c(OC)cc1OC. The van der Waals surface area contributed by atoms with Gasteiger partial charge in [0.15, 0.2) is 5.78 Å². The van der Waals surface area contributed by atoms with Crippen molar-refractivity contribution < 1.29 is 14.3 Å². The van der Waals surface area contributed by atoms with Crippen molar-refractivity contribution in [1.29, 1.82) is 0 Å². The predicted octanol–water partition coefficient (Wildman–Crippen LogP) is 4.03. The summed E-state index contributed by atoms with van der Waals surface area (Å²) in [5.74, 6) is 1.41. The van der Waals surface area contributed by atoms with E-state index >= 15 is 0 Å². The van der Waals surface area contributed by atoms with Gasteiger partial charge in [0.1, 0.15) is 11.5 Å². The van der Waals surface area contributed by atoms with Crippen LogP contribution in [0.5, 0.6) is 11.5 Å². The Labute approximate surface area is 115 Å². The topological polar surface area (TPSA) is 35.5 Å². The summed E-state index contributed by atoms with van der Waals surface area (Å²) in [5.41, 5.74) is 1.72. The van der Waals surface area contributed by atoms with Crippen molar-refractivity contribution in [2.75, 3.05) is 14.2 Å². The molecule has 1 aromatic rings. The van der Waals surface area contributed by atoms with Gasteiger partial charge in [0, 0.05) is 6.07 Å². The first-order chi connectivity index (χ1) is 9.13. The average molecular weight is 264 g/mol. The van der Waals surface area contributed by atoms with Crippen molar-refractivity contribution in [2.45, 2.75) is 46.0 Å². The first-order valence-corrected chi connectivity index (χ1v) is 6.89. The van der Waals surface area contributed by atoms with Crippen LogP contribution in [0, 0.1) is 0 Å². The summed E-state index contributed by atoms with van der Waals surface area (Å²) in [6.45, 7) is 3.76. The molecule has 3 nitrogen and oxygen atoms in total. The number of methoxy groups -OCH3 is 2. The molecule has 3 heteroatoms. The van der Waals surface area contributed by atoms with Crippen molar-refractivity contribution in [3.05, 3.63) is 23.3 Å². The maximum absolute atomic E-state index is 11.6.